The van der Waals surface area contributed by atoms with Gasteiger partial charge in [-0.3, -0.25) is 0 Å². The second-order valence-electron chi connectivity index (χ2n) is 6.24. The van der Waals surface area contributed by atoms with Crippen LogP contribution < -0.4 is 4.57 Å². The molecule has 0 atom stereocenters. The van der Waals surface area contributed by atoms with Crippen molar-refractivity contribution in [1.82, 2.24) is 0 Å². The largest absolute Gasteiger partial charge is 0.462 e. The van der Waals surface area contributed by atoms with Gasteiger partial charge in [0.15, 0.2) is 12.2 Å². The van der Waals surface area contributed by atoms with Crippen molar-refractivity contribution in [3.05, 3.63) is 86.3 Å². The first-order valence-corrected chi connectivity index (χ1v) is 9.73. The van der Waals surface area contributed by atoms with Crippen LogP contribution in [0, 0.1) is 13.8 Å². The molecule has 0 amide bonds. The fraction of sp³-hybridized carbons (Fsp3) is 0.238. The van der Waals surface area contributed by atoms with E-state index in [1.165, 1.54) is 16.1 Å². The minimum absolute atomic E-state index is 0.270. The Labute approximate surface area is 162 Å². The van der Waals surface area contributed by atoms with Crippen LogP contribution in [0.3, 0.4) is 0 Å². The molecule has 0 spiro atoms. The van der Waals surface area contributed by atoms with Gasteiger partial charge in [0.25, 0.3) is 0 Å². The summed E-state index contributed by atoms with van der Waals surface area (Å²) < 4.78 is 7.62. The number of hydrogen-bond acceptors (Lipinski definition) is 3. The first-order valence-electron chi connectivity index (χ1n) is 8.47. The highest BCUT2D eigenvalue weighted by Crippen LogP contribution is 2.15. The smallest absolute Gasteiger partial charge is 0.338 e. The van der Waals surface area contributed by atoms with Crippen LogP contribution in [-0.2, 0) is 17.7 Å². The van der Waals surface area contributed by atoms with Crippen LogP contribution in [0.2, 0.25) is 5.02 Å². The lowest BCUT2D eigenvalue weighted by Gasteiger charge is -2.04. The van der Waals surface area contributed by atoms with Crippen molar-refractivity contribution >= 4 is 28.9 Å². The monoisotopic (exact) mass is 386 g/mol. The summed E-state index contributed by atoms with van der Waals surface area (Å²) in [6.07, 6.45) is 0.724. The molecule has 0 saturated heterocycles. The topological polar surface area (TPSA) is 30.2 Å². The number of thiazole rings is 1. The van der Waals surface area contributed by atoms with Crippen LogP contribution in [-0.4, -0.2) is 12.6 Å². The summed E-state index contributed by atoms with van der Waals surface area (Å²) in [4.78, 5) is 13.3. The van der Waals surface area contributed by atoms with Gasteiger partial charge in [-0.25, -0.2) is 4.79 Å². The first-order chi connectivity index (χ1) is 12.5. The zero-order valence-electron chi connectivity index (χ0n) is 14.9. The fourth-order valence-corrected chi connectivity index (χ4v) is 3.75. The van der Waals surface area contributed by atoms with Gasteiger partial charge in [0, 0.05) is 23.9 Å². The van der Waals surface area contributed by atoms with Crippen LogP contribution >= 0.6 is 22.9 Å². The molecule has 0 saturated carbocycles. The molecule has 0 fully saturated rings. The Morgan fingerprint density at radius 1 is 1.08 bits per heavy atom. The minimum atomic E-state index is -0.270. The number of carbonyl (C=O) groups is 1. The van der Waals surface area contributed by atoms with E-state index >= 15 is 0 Å². The molecule has 3 nitrogen and oxygen atoms in total. The molecule has 2 aromatic carbocycles. The normalized spacial score (nSPS) is 10.7. The van der Waals surface area contributed by atoms with Crippen LogP contribution in [0.4, 0.5) is 0 Å². The molecule has 0 aliphatic rings. The highest BCUT2D eigenvalue weighted by molar-refractivity contribution is 7.09. The third-order valence-corrected chi connectivity index (χ3v) is 5.67. The summed E-state index contributed by atoms with van der Waals surface area (Å²) >= 11 is 7.63. The van der Waals surface area contributed by atoms with Crippen molar-refractivity contribution in [2.24, 2.45) is 0 Å². The second kappa shape index (κ2) is 8.47. The Balaban J connectivity index is 1.55. The van der Waals surface area contributed by atoms with Gasteiger partial charge >= 0.3 is 5.97 Å². The molecule has 0 aliphatic carbocycles. The number of esters is 1. The number of nitrogens with zero attached hydrogens (tertiary/aromatic N) is 1. The van der Waals surface area contributed by atoms with Crippen molar-refractivity contribution in [3.8, 4) is 0 Å². The van der Waals surface area contributed by atoms with Crippen LogP contribution in [0.15, 0.2) is 54.0 Å². The third kappa shape index (κ3) is 4.71. The SMILES string of the molecule is Cc1ccc(C(=O)OCCc2sc[n+](Cc3ccc(Cl)cc3)c2C)cc1. The first kappa shape index (κ1) is 18.6. The maximum absolute atomic E-state index is 12.1. The summed E-state index contributed by atoms with van der Waals surface area (Å²) in [6, 6.07) is 15.3. The molecule has 3 rings (SSSR count). The molecule has 1 heterocycles. The van der Waals surface area contributed by atoms with Gasteiger partial charge in [-0.05, 0) is 31.2 Å². The Kier molecular flexibility index (Phi) is 6.07. The zero-order valence-corrected chi connectivity index (χ0v) is 16.4. The van der Waals surface area contributed by atoms with Crippen molar-refractivity contribution < 1.29 is 14.1 Å². The number of halogens is 1. The molecular weight excluding hydrogens is 366 g/mol. The Morgan fingerprint density at radius 2 is 1.77 bits per heavy atom. The van der Waals surface area contributed by atoms with E-state index in [9.17, 15) is 4.79 Å². The van der Waals surface area contributed by atoms with E-state index in [4.69, 9.17) is 16.3 Å². The predicted molar refractivity (Wildman–Crippen MR) is 105 cm³/mol. The lowest BCUT2D eigenvalue weighted by molar-refractivity contribution is -0.689. The third-order valence-electron chi connectivity index (χ3n) is 4.27. The van der Waals surface area contributed by atoms with Gasteiger partial charge in [-0.15, -0.1) is 0 Å². The highest BCUT2D eigenvalue weighted by Gasteiger charge is 2.16. The average molecular weight is 387 g/mol. The lowest BCUT2D eigenvalue weighted by atomic mass is 10.1. The second-order valence-corrected chi connectivity index (χ2v) is 7.61. The molecular formula is C21H21ClNO2S+. The molecule has 0 bridgehead atoms. The van der Waals surface area contributed by atoms with E-state index < -0.39 is 0 Å². The number of hydrogen-bond donors (Lipinski definition) is 0. The van der Waals surface area contributed by atoms with Gasteiger partial charge in [-0.1, -0.05) is 52.8 Å². The molecule has 1 aromatic heterocycles. The number of carbonyl (C=O) groups excluding carboxylic acids is 1. The van der Waals surface area contributed by atoms with E-state index in [1.54, 1.807) is 23.5 Å². The van der Waals surface area contributed by atoms with Gasteiger partial charge < -0.3 is 4.74 Å². The molecule has 0 unspecified atom stereocenters. The van der Waals surface area contributed by atoms with Crippen LogP contribution in [0.25, 0.3) is 0 Å². The van der Waals surface area contributed by atoms with Gasteiger partial charge in [-0.2, -0.15) is 4.57 Å². The summed E-state index contributed by atoms with van der Waals surface area (Å²) in [5.41, 5.74) is 6.24. The molecule has 134 valence electrons. The Morgan fingerprint density at radius 3 is 2.46 bits per heavy atom. The maximum atomic E-state index is 12.1. The number of rotatable bonds is 6. The van der Waals surface area contributed by atoms with Crippen molar-refractivity contribution in [2.45, 2.75) is 26.8 Å². The van der Waals surface area contributed by atoms with Crippen molar-refractivity contribution in [3.63, 3.8) is 0 Å². The average Bonchev–Trinajstić information content (AvgIpc) is 2.97. The molecule has 0 N–H and O–H groups in total. The standard InChI is InChI=1S/C21H21ClNO2S/c1-15-3-7-18(8-4-15)21(24)25-12-11-20-16(2)23(14-26-20)13-17-5-9-19(22)10-6-17/h3-10,14H,11-13H2,1-2H3/q+1. The molecule has 0 radical (unpaired) electrons. The summed E-state index contributed by atoms with van der Waals surface area (Å²) in [7, 11) is 0. The van der Waals surface area contributed by atoms with Crippen LogP contribution in [0.1, 0.15) is 32.1 Å². The zero-order chi connectivity index (χ0) is 18.5. The Hall–Kier alpha value is -2.17. The molecule has 5 heteroatoms. The van der Waals surface area contributed by atoms with E-state index in [-0.39, 0.29) is 5.97 Å². The van der Waals surface area contributed by atoms with Crippen molar-refractivity contribution in [1.29, 1.82) is 0 Å². The van der Waals surface area contributed by atoms with Gasteiger partial charge in [0.2, 0.25) is 5.51 Å². The van der Waals surface area contributed by atoms with Crippen molar-refractivity contribution in [2.75, 3.05) is 6.61 Å². The lowest BCUT2D eigenvalue weighted by Crippen LogP contribution is -2.35. The predicted octanol–water partition coefficient (Wildman–Crippen LogP) is 4.75. The van der Waals surface area contributed by atoms with Gasteiger partial charge in [0.1, 0.15) is 0 Å². The Bertz CT molecular complexity index is 885. The van der Waals surface area contributed by atoms with E-state index in [2.05, 4.69) is 17.0 Å². The van der Waals surface area contributed by atoms with Crippen LogP contribution in [0.5, 0.6) is 0 Å². The van der Waals surface area contributed by atoms with E-state index in [0.29, 0.717) is 12.2 Å². The molecule has 0 aliphatic heterocycles. The quantitative estimate of drug-likeness (QED) is 0.452. The highest BCUT2D eigenvalue weighted by atomic mass is 35.5. The number of aromatic nitrogens is 1. The fourth-order valence-electron chi connectivity index (χ4n) is 2.64. The summed E-state index contributed by atoms with van der Waals surface area (Å²) in [5.74, 6) is -0.270. The van der Waals surface area contributed by atoms with Gasteiger partial charge in [0.05, 0.1) is 17.0 Å². The summed E-state index contributed by atoms with van der Waals surface area (Å²) in [5, 5.41) is 0.747. The number of ether oxygens (including phenoxy) is 1. The van der Waals surface area contributed by atoms with E-state index in [0.717, 1.165) is 23.6 Å². The molecule has 3 aromatic rings. The minimum Gasteiger partial charge on any atom is -0.462 e. The number of aryl methyl sites for hydroxylation is 1. The van der Waals surface area contributed by atoms with E-state index in [1.807, 2.05) is 43.3 Å². The number of benzene rings is 2. The molecule has 26 heavy (non-hydrogen) atoms. The maximum Gasteiger partial charge on any atom is 0.338 e. The summed E-state index contributed by atoms with van der Waals surface area (Å²) in [6.45, 7) is 5.29.